The summed E-state index contributed by atoms with van der Waals surface area (Å²) in [5, 5.41) is 3.25. The van der Waals surface area contributed by atoms with E-state index in [4.69, 9.17) is 0 Å². The van der Waals surface area contributed by atoms with Crippen LogP contribution in [0.25, 0.3) is 22.2 Å². The molecule has 30 heavy (non-hydrogen) atoms. The summed E-state index contributed by atoms with van der Waals surface area (Å²) in [6.07, 6.45) is -1.96. The Bertz CT molecular complexity index is 1300. The van der Waals surface area contributed by atoms with Crippen molar-refractivity contribution in [3.05, 3.63) is 87.2 Å². The summed E-state index contributed by atoms with van der Waals surface area (Å²) in [6.45, 7) is 0.544. The van der Waals surface area contributed by atoms with Gasteiger partial charge in [-0.1, -0.05) is 36.4 Å². The first-order valence-electron chi connectivity index (χ1n) is 9.21. The average molecular weight is 414 g/mol. The lowest BCUT2D eigenvalue weighted by Gasteiger charge is -2.11. The van der Waals surface area contributed by atoms with Crippen molar-refractivity contribution in [1.29, 1.82) is 0 Å². The van der Waals surface area contributed by atoms with Gasteiger partial charge in [-0.15, -0.1) is 0 Å². The second-order valence-corrected chi connectivity index (χ2v) is 6.88. The molecule has 2 aromatic carbocycles. The van der Waals surface area contributed by atoms with Gasteiger partial charge >= 0.3 is 6.18 Å². The molecule has 2 aromatic heterocycles. The van der Waals surface area contributed by atoms with Crippen molar-refractivity contribution >= 4 is 10.8 Å². The third-order valence-corrected chi connectivity index (χ3v) is 4.78. The van der Waals surface area contributed by atoms with Crippen molar-refractivity contribution in [2.24, 2.45) is 0 Å². The number of nitrogens with zero attached hydrogens (tertiary/aromatic N) is 3. The van der Waals surface area contributed by atoms with Crippen molar-refractivity contribution in [2.75, 3.05) is 0 Å². The Hall–Kier alpha value is -3.62. The number of rotatable bonds is 5. The van der Waals surface area contributed by atoms with Crippen LogP contribution in [-0.4, -0.2) is 25.5 Å². The fourth-order valence-corrected chi connectivity index (χ4v) is 3.36. The van der Waals surface area contributed by atoms with Crippen LogP contribution in [0.1, 0.15) is 5.56 Å². The minimum Gasteiger partial charge on any atom is -0.329 e. The highest BCUT2D eigenvalue weighted by Gasteiger charge is 2.27. The average Bonchev–Trinajstić information content (AvgIpc) is 3.18. The van der Waals surface area contributed by atoms with Gasteiger partial charge in [0.25, 0.3) is 11.1 Å². The van der Waals surface area contributed by atoms with Crippen molar-refractivity contribution < 1.29 is 13.2 Å². The quantitative estimate of drug-likeness (QED) is 0.544. The maximum absolute atomic E-state index is 12.6. The Morgan fingerprint density at radius 3 is 2.33 bits per heavy atom. The molecular formula is C21H17F3N4O2. The van der Waals surface area contributed by atoms with Crippen LogP contribution >= 0.6 is 0 Å². The molecule has 0 spiro atoms. The number of nitrogens with one attached hydrogen (secondary N) is 1. The van der Waals surface area contributed by atoms with Gasteiger partial charge in [0.2, 0.25) is 0 Å². The predicted molar refractivity (Wildman–Crippen MR) is 106 cm³/mol. The first kappa shape index (κ1) is 19.7. The first-order chi connectivity index (χ1) is 14.3. The summed E-state index contributed by atoms with van der Waals surface area (Å²) in [6, 6.07) is 12.6. The number of fused-ring (bicyclic) bond motifs is 1. The molecule has 0 atom stereocenters. The van der Waals surface area contributed by atoms with Gasteiger partial charge in [-0.3, -0.25) is 14.7 Å². The topological polar surface area (TPSA) is 72.7 Å². The number of hydrogen-bond donors (Lipinski definition) is 1. The molecule has 0 unspecified atom stereocenters. The number of aromatic amines is 1. The number of benzene rings is 2. The molecular weight excluding hydrogens is 397 g/mol. The summed E-state index contributed by atoms with van der Waals surface area (Å²) in [4.78, 5) is 29.1. The second-order valence-electron chi connectivity index (χ2n) is 6.88. The molecule has 0 bridgehead atoms. The molecule has 0 saturated carbocycles. The molecule has 6 nitrogen and oxygen atoms in total. The summed E-state index contributed by atoms with van der Waals surface area (Å²) in [5.74, 6) is 0.560. The highest BCUT2D eigenvalue weighted by Crippen LogP contribution is 2.24. The largest absolute Gasteiger partial charge is 0.393 e. The lowest BCUT2D eigenvalue weighted by Crippen LogP contribution is -2.31. The number of imidazole rings is 1. The predicted octanol–water partition coefficient (Wildman–Crippen LogP) is 3.36. The van der Waals surface area contributed by atoms with Crippen molar-refractivity contribution in [1.82, 2.24) is 19.3 Å². The molecule has 0 aliphatic rings. The van der Waals surface area contributed by atoms with Crippen LogP contribution in [0.3, 0.4) is 0 Å². The van der Waals surface area contributed by atoms with Crippen LogP contribution in [0.15, 0.2) is 70.5 Å². The standard InChI is InChI=1S/C21H17F3N4O2/c22-21(23,24)13-14-5-7-15(8-6-14)18-25-9-10-27(18)11-12-28-20(30)17-4-2-1-3-16(17)19(29)26-28/h1-10H,11-13H2,(H,26,29). The second kappa shape index (κ2) is 7.66. The van der Waals surface area contributed by atoms with E-state index in [0.717, 1.165) is 0 Å². The molecule has 154 valence electrons. The van der Waals surface area contributed by atoms with Crippen LogP contribution in [0.2, 0.25) is 0 Å². The van der Waals surface area contributed by atoms with E-state index in [1.165, 1.54) is 16.8 Å². The molecule has 2 heterocycles. The zero-order valence-corrected chi connectivity index (χ0v) is 15.7. The molecule has 0 fully saturated rings. The monoisotopic (exact) mass is 414 g/mol. The van der Waals surface area contributed by atoms with Gasteiger partial charge in [-0.05, 0) is 17.7 Å². The lowest BCUT2D eigenvalue weighted by atomic mass is 10.1. The molecule has 0 aliphatic carbocycles. The fraction of sp³-hybridized carbons (Fsp3) is 0.190. The van der Waals surface area contributed by atoms with Gasteiger partial charge in [0.15, 0.2) is 0 Å². The van der Waals surface area contributed by atoms with Gasteiger partial charge in [-0.2, -0.15) is 13.2 Å². The zero-order chi connectivity index (χ0) is 21.3. The molecule has 0 saturated heterocycles. The summed E-state index contributed by atoms with van der Waals surface area (Å²) >= 11 is 0. The Labute approximate surface area is 168 Å². The Morgan fingerprint density at radius 1 is 0.933 bits per heavy atom. The molecule has 0 radical (unpaired) electrons. The van der Waals surface area contributed by atoms with E-state index in [9.17, 15) is 22.8 Å². The molecule has 0 aliphatic heterocycles. The van der Waals surface area contributed by atoms with Crippen LogP contribution in [-0.2, 0) is 19.5 Å². The smallest absolute Gasteiger partial charge is 0.329 e. The molecule has 4 rings (SSSR count). The van der Waals surface area contributed by atoms with E-state index in [1.54, 1.807) is 53.4 Å². The highest BCUT2D eigenvalue weighted by atomic mass is 19.4. The van der Waals surface area contributed by atoms with Crippen LogP contribution in [0.5, 0.6) is 0 Å². The van der Waals surface area contributed by atoms with Crippen LogP contribution in [0, 0.1) is 0 Å². The van der Waals surface area contributed by atoms with Gasteiger partial charge in [-0.25, -0.2) is 9.67 Å². The Kier molecular flexibility index (Phi) is 5.03. The van der Waals surface area contributed by atoms with Gasteiger partial charge in [0, 0.05) is 24.5 Å². The number of aromatic nitrogens is 4. The SMILES string of the molecule is O=c1[nH]n(CCn2ccnc2-c2ccc(CC(F)(F)F)cc2)c(=O)c2ccccc12. The van der Waals surface area contributed by atoms with E-state index in [-0.39, 0.29) is 23.2 Å². The van der Waals surface area contributed by atoms with Crippen molar-refractivity contribution in [3.63, 3.8) is 0 Å². The maximum atomic E-state index is 12.6. The Morgan fingerprint density at radius 2 is 1.63 bits per heavy atom. The maximum Gasteiger partial charge on any atom is 0.393 e. The molecule has 4 aromatic rings. The lowest BCUT2D eigenvalue weighted by molar-refractivity contribution is -0.127. The van der Waals surface area contributed by atoms with Crippen LogP contribution < -0.4 is 11.1 Å². The summed E-state index contributed by atoms with van der Waals surface area (Å²) in [7, 11) is 0. The number of aryl methyl sites for hydroxylation is 2. The number of alkyl halides is 3. The van der Waals surface area contributed by atoms with E-state index in [2.05, 4.69) is 10.1 Å². The number of H-pyrrole nitrogens is 1. The van der Waals surface area contributed by atoms with Crippen molar-refractivity contribution in [2.45, 2.75) is 25.7 Å². The highest BCUT2D eigenvalue weighted by molar-refractivity contribution is 5.80. The van der Waals surface area contributed by atoms with E-state index < -0.39 is 12.6 Å². The first-order valence-corrected chi connectivity index (χ1v) is 9.21. The summed E-state index contributed by atoms with van der Waals surface area (Å²) < 4.78 is 40.6. The minimum atomic E-state index is -4.26. The third-order valence-electron chi connectivity index (χ3n) is 4.78. The minimum absolute atomic E-state index is 0.171. The van der Waals surface area contributed by atoms with Crippen LogP contribution in [0.4, 0.5) is 13.2 Å². The van der Waals surface area contributed by atoms with Crippen molar-refractivity contribution in [3.8, 4) is 11.4 Å². The molecule has 9 heteroatoms. The van der Waals surface area contributed by atoms with Gasteiger partial charge < -0.3 is 4.57 Å². The third kappa shape index (κ3) is 4.05. The fourth-order valence-electron chi connectivity index (χ4n) is 3.36. The zero-order valence-electron chi connectivity index (χ0n) is 15.7. The normalized spacial score (nSPS) is 11.8. The molecule has 1 N–H and O–H groups in total. The van der Waals surface area contributed by atoms with Gasteiger partial charge in [0.1, 0.15) is 5.82 Å². The van der Waals surface area contributed by atoms with E-state index >= 15 is 0 Å². The number of hydrogen-bond acceptors (Lipinski definition) is 3. The molecule has 0 amide bonds. The summed E-state index contributed by atoms with van der Waals surface area (Å²) in [5.41, 5.74) is 0.176. The van der Waals surface area contributed by atoms with E-state index in [1.807, 2.05) is 0 Å². The number of halogens is 3. The van der Waals surface area contributed by atoms with Gasteiger partial charge in [0.05, 0.1) is 23.7 Å². The van der Waals surface area contributed by atoms with E-state index in [0.29, 0.717) is 28.7 Å². The Balaban J connectivity index is 1.57.